The molecular weight excluding hydrogens is 291 g/mol. The fourth-order valence-corrected chi connectivity index (χ4v) is 2.11. The van der Waals surface area contributed by atoms with Gasteiger partial charge in [0, 0.05) is 0 Å². The largest absolute Gasteiger partial charge is 0.477 e. The summed E-state index contributed by atoms with van der Waals surface area (Å²) >= 11 is 0.950. The van der Waals surface area contributed by atoms with Crippen LogP contribution in [-0.4, -0.2) is 16.1 Å². The van der Waals surface area contributed by atoms with Crippen LogP contribution >= 0.6 is 11.3 Å². The van der Waals surface area contributed by atoms with Gasteiger partial charge in [-0.2, -0.15) is 13.2 Å². The van der Waals surface area contributed by atoms with Gasteiger partial charge < -0.3 is 5.11 Å². The van der Waals surface area contributed by atoms with Crippen molar-refractivity contribution < 1.29 is 23.1 Å². The van der Waals surface area contributed by atoms with Gasteiger partial charge in [-0.1, -0.05) is 18.2 Å². The van der Waals surface area contributed by atoms with E-state index < -0.39 is 17.7 Å². The number of halogens is 3. The van der Waals surface area contributed by atoms with Crippen molar-refractivity contribution >= 4 is 29.5 Å². The van der Waals surface area contributed by atoms with Crippen molar-refractivity contribution in [1.82, 2.24) is 4.98 Å². The number of aromatic nitrogens is 1. The van der Waals surface area contributed by atoms with E-state index in [1.54, 1.807) is 0 Å². The molecule has 1 heterocycles. The van der Waals surface area contributed by atoms with Crippen LogP contribution in [0.3, 0.4) is 0 Å². The van der Waals surface area contributed by atoms with E-state index in [0.29, 0.717) is 10.6 Å². The van der Waals surface area contributed by atoms with Crippen LogP contribution < -0.4 is 0 Å². The van der Waals surface area contributed by atoms with Gasteiger partial charge in [-0.05, 0) is 23.8 Å². The summed E-state index contributed by atoms with van der Waals surface area (Å²) < 4.78 is 37.6. The molecule has 0 amide bonds. The molecule has 0 saturated heterocycles. The van der Waals surface area contributed by atoms with Crippen molar-refractivity contribution in [3.8, 4) is 0 Å². The lowest BCUT2D eigenvalue weighted by Gasteiger charge is -2.06. The summed E-state index contributed by atoms with van der Waals surface area (Å²) in [7, 11) is 0. The van der Waals surface area contributed by atoms with E-state index >= 15 is 0 Å². The second-order valence-electron chi connectivity index (χ2n) is 3.82. The monoisotopic (exact) mass is 299 g/mol. The molecule has 2 aromatic rings. The van der Waals surface area contributed by atoms with E-state index in [0.717, 1.165) is 23.5 Å². The Morgan fingerprint density at radius 3 is 2.65 bits per heavy atom. The summed E-state index contributed by atoms with van der Waals surface area (Å²) in [5, 5.41) is 9.15. The van der Waals surface area contributed by atoms with Crippen LogP contribution in [0.2, 0.25) is 0 Å². The Bertz CT molecular complexity index is 662. The molecular formula is C13H8F3NO2S. The average Bonchev–Trinajstić information content (AvgIpc) is 2.85. The molecule has 7 heteroatoms. The maximum atomic E-state index is 12.5. The molecule has 0 saturated carbocycles. The first-order valence-electron chi connectivity index (χ1n) is 5.41. The highest BCUT2D eigenvalue weighted by molar-refractivity contribution is 7.14. The lowest BCUT2D eigenvalue weighted by atomic mass is 10.1. The van der Waals surface area contributed by atoms with E-state index in [1.165, 1.54) is 30.5 Å². The topological polar surface area (TPSA) is 50.2 Å². The quantitative estimate of drug-likeness (QED) is 0.931. The van der Waals surface area contributed by atoms with Gasteiger partial charge in [-0.3, -0.25) is 0 Å². The number of carbonyl (C=O) groups is 1. The fraction of sp³-hybridized carbons (Fsp3) is 0.0769. The smallest absolute Gasteiger partial charge is 0.416 e. The summed E-state index contributed by atoms with van der Waals surface area (Å²) in [6, 6.07) is 4.84. The molecule has 0 unspecified atom stereocenters. The number of hydrogen-bond donors (Lipinski definition) is 1. The van der Waals surface area contributed by atoms with Crippen LogP contribution in [0.4, 0.5) is 13.2 Å². The molecule has 0 aliphatic carbocycles. The molecule has 0 aliphatic rings. The third kappa shape index (κ3) is 3.45. The Labute approximate surface area is 116 Å². The minimum atomic E-state index is -4.39. The Kier molecular flexibility index (Phi) is 3.89. The maximum Gasteiger partial charge on any atom is 0.416 e. The first-order chi connectivity index (χ1) is 9.36. The number of hydrogen-bond acceptors (Lipinski definition) is 3. The fourth-order valence-electron chi connectivity index (χ4n) is 1.45. The molecule has 1 aromatic heterocycles. The third-order valence-electron chi connectivity index (χ3n) is 2.37. The van der Waals surface area contributed by atoms with Crippen molar-refractivity contribution in [2.24, 2.45) is 0 Å². The van der Waals surface area contributed by atoms with Gasteiger partial charge in [-0.25, -0.2) is 9.78 Å². The van der Waals surface area contributed by atoms with E-state index in [1.807, 2.05) is 0 Å². The predicted molar refractivity (Wildman–Crippen MR) is 69.4 cm³/mol. The van der Waals surface area contributed by atoms with Gasteiger partial charge in [0.1, 0.15) is 9.88 Å². The number of thiazole rings is 1. The van der Waals surface area contributed by atoms with Crippen LogP contribution in [0.25, 0.3) is 12.2 Å². The summed E-state index contributed by atoms with van der Waals surface area (Å²) in [5.41, 5.74) is -0.364. The summed E-state index contributed by atoms with van der Waals surface area (Å²) in [5.74, 6) is -1.08. The number of carboxylic acid groups (broad SMARTS) is 1. The Hall–Kier alpha value is -2.15. The van der Waals surface area contributed by atoms with Crippen molar-refractivity contribution in [2.45, 2.75) is 6.18 Å². The normalized spacial score (nSPS) is 11.9. The van der Waals surface area contributed by atoms with Gasteiger partial charge in [-0.15, -0.1) is 11.3 Å². The molecule has 3 nitrogen and oxygen atoms in total. The number of nitrogens with zero attached hydrogens (tertiary/aromatic N) is 1. The van der Waals surface area contributed by atoms with Crippen molar-refractivity contribution in [2.75, 3.05) is 0 Å². The molecule has 0 spiro atoms. The Balaban J connectivity index is 2.20. The van der Waals surface area contributed by atoms with E-state index in [-0.39, 0.29) is 4.88 Å². The molecule has 20 heavy (non-hydrogen) atoms. The zero-order valence-electron chi connectivity index (χ0n) is 9.89. The molecule has 0 atom stereocenters. The average molecular weight is 299 g/mol. The molecule has 0 bridgehead atoms. The Morgan fingerprint density at radius 2 is 2.05 bits per heavy atom. The van der Waals surface area contributed by atoms with Gasteiger partial charge in [0.15, 0.2) is 0 Å². The summed E-state index contributed by atoms with van der Waals surface area (Å²) in [6.45, 7) is 0. The number of rotatable bonds is 3. The SMILES string of the molecule is O=C(O)c1cnc(/C=C\c2cccc(C(F)(F)F)c2)s1. The van der Waals surface area contributed by atoms with Crippen molar-refractivity contribution in [1.29, 1.82) is 0 Å². The maximum absolute atomic E-state index is 12.5. The zero-order chi connectivity index (χ0) is 14.8. The van der Waals surface area contributed by atoms with Crippen molar-refractivity contribution in [3.05, 3.63) is 51.5 Å². The predicted octanol–water partition coefficient (Wildman–Crippen LogP) is 4.03. The molecule has 104 valence electrons. The van der Waals surface area contributed by atoms with Gasteiger partial charge in [0.2, 0.25) is 0 Å². The molecule has 1 aromatic carbocycles. The van der Waals surface area contributed by atoms with Crippen LogP contribution in [0.15, 0.2) is 30.5 Å². The van der Waals surface area contributed by atoms with E-state index in [2.05, 4.69) is 4.98 Å². The van der Waals surface area contributed by atoms with Crippen LogP contribution in [0.5, 0.6) is 0 Å². The molecule has 1 N–H and O–H groups in total. The molecule has 2 rings (SSSR count). The number of carboxylic acids is 1. The molecule has 0 radical (unpaired) electrons. The van der Waals surface area contributed by atoms with Gasteiger partial charge in [0.25, 0.3) is 0 Å². The second kappa shape index (κ2) is 5.46. The lowest BCUT2D eigenvalue weighted by Crippen LogP contribution is -2.04. The zero-order valence-corrected chi connectivity index (χ0v) is 10.7. The standard InChI is InChI=1S/C13H8F3NO2S/c14-13(15,16)9-3-1-2-8(6-9)4-5-11-17-7-10(20-11)12(18)19/h1-7H,(H,18,19)/b5-4-. The first kappa shape index (κ1) is 14.3. The second-order valence-corrected chi connectivity index (χ2v) is 4.89. The van der Waals surface area contributed by atoms with Crippen LogP contribution in [-0.2, 0) is 6.18 Å². The summed E-state index contributed by atoms with van der Waals surface area (Å²) in [6.07, 6.45) is -0.243. The van der Waals surface area contributed by atoms with Crippen LogP contribution in [0, 0.1) is 0 Å². The highest BCUT2D eigenvalue weighted by Crippen LogP contribution is 2.30. The minimum absolute atomic E-state index is 0.0775. The molecule has 0 aliphatic heterocycles. The first-order valence-corrected chi connectivity index (χ1v) is 6.22. The highest BCUT2D eigenvalue weighted by Gasteiger charge is 2.30. The van der Waals surface area contributed by atoms with E-state index in [9.17, 15) is 18.0 Å². The Morgan fingerprint density at radius 1 is 1.30 bits per heavy atom. The van der Waals surface area contributed by atoms with Crippen molar-refractivity contribution in [3.63, 3.8) is 0 Å². The highest BCUT2D eigenvalue weighted by atomic mass is 32.1. The number of benzene rings is 1. The third-order valence-corrected chi connectivity index (χ3v) is 3.32. The van der Waals surface area contributed by atoms with Gasteiger partial charge >= 0.3 is 12.1 Å². The summed E-state index contributed by atoms with van der Waals surface area (Å²) in [4.78, 5) is 14.6. The number of aromatic carboxylic acids is 1. The van der Waals surface area contributed by atoms with Crippen LogP contribution in [0.1, 0.15) is 25.8 Å². The number of alkyl halides is 3. The van der Waals surface area contributed by atoms with Gasteiger partial charge in [0.05, 0.1) is 11.8 Å². The van der Waals surface area contributed by atoms with E-state index in [4.69, 9.17) is 5.11 Å². The molecule has 0 fully saturated rings. The lowest BCUT2D eigenvalue weighted by molar-refractivity contribution is -0.137. The minimum Gasteiger partial charge on any atom is -0.477 e.